The summed E-state index contributed by atoms with van der Waals surface area (Å²) in [5.41, 5.74) is 4.46. The third kappa shape index (κ3) is 5.70. The molecule has 0 bridgehead atoms. The molecule has 0 radical (unpaired) electrons. The number of rotatable bonds is 7. The molecule has 0 spiro atoms. The number of aliphatic imine (C=N–C) groups is 1. The van der Waals surface area contributed by atoms with Crippen molar-refractivity contribution in [3.05, 3.63) is 130 Å². The number of aromatic hydroxyl groups is 1. The van der Waals surface area contributed by atoms with E-state index in [0.717, 1.165) is 57.9 Å². The van der Waals surface area contributed by atoms with Gasteiger partial charge in [0.05, 0.1) is 22.5 Å². The lowest BCUT2D eigenvalue weighted by molar-refractivity contribution is -0.124. The van der Waals surface area contributed by atoms with E-state index in [2.05, 4.69) is 21.2 Å². The minimum atomic E-state index is -0.766. The Kier molecular flexibility index (Phi) is 8.01. The highest BCUT2D eigenvalue weighted by Gasteiger charge is 2.32. The largest absolute Gasteiger partial charge is 0.494 e. The van der Waals surface area contributed by atoms with E-state index in [1.165, 1.54) is 6.42 Å². The molecule has 1 heterocycles. The molecular weight excluding hydrogens is 574 g/mol. The fraction of sp³-hybridized carbons (Fsp3) is 0.200. The number of nitrogens with one attached hydrogen (secondary N) is 1. The smallest absolute Gasteiger partial charge is 0.248 e. The lowest BCUT2D eigenvalue weighted by atomic mass is 9.95. The second kappa shape index (κ2) is 12.1. The number of aromatic nitrogens is 1. The summed E-state index contributed by atoms with van der Waals surface area (Å²) in [6.07, 6.45) is 5.39. The summed E-state index contributed by atoms with van der Waals surface area (Å²) in [4.78, 5) is 19.2. The minimum Gasteiger partial charge on any atom is -0.494 e. The Morgan fingerprint density at radius 3 is 2.17 bits per heavy atom. The number of hydrogen-bond acceptors (Lipinski definition) is 3. The molecule has 6 rings (SSSR count). The van der Waals surface area contributed by atoms with Crippen molar-refractivity contribution in [3.8, 4) is 5.88 Å². The molecule has 0 saturated heterocycles. The van der Waals surface area contributed by atoms with Crippen LogP contribution in [0, 0.1) is 0 Å². The van der Waals surface area contributed by atoms with Gasteiger partial charge in [-0.05, 0) is 48.7 Å². The number of nitrogens with zero attached hydrogens (tertiary/aromatic N) is 2. The second-order valence-corrected chi connectivity index (χ2v) is 11.5. The number of hydrogen-bond donors (Lipinski definition) is 2. The first-order valence-electron chi connectivity index (χ1n) is 14.2. The number of para-hydroxylation sites is 2. The van der Waals surface area contributed by atoms with Crippen molar-refractivity contribution in [2.24, 2.45) is 4.99 Å². The molecule has 1 atom stereocenters. The van der Waals surface area contributed by atoms with E-state index in [1.807, 2.05) is 109 Å². The molecule has 1 aliphatic carbocycles. The normalized spacial score (nSPS) is 15.1. The van der Waals surface area contributed by atoms with E-state index in [1.54, 1.807) is 4.57 Å². The highest BCUT2D eigenvalue weighted by Crippen LogP contribution is 2.39. The van der Waals surface area contributed by atoms with Gasteiger partial charge in [-0.1, -0.05) is 114 Å². The average molecular weight is 607 g/mol. The Morgan fingerprint density at radius 1 is 0.829 bits per heavy atom. The highest BCUT2D eigenvalue weighted by atomic mass is 79.9. The molecule has 2 N–H and O–H groups in total. The van der Waals surface area contributed by atoms with Gasteiger partial charge in [-0.15, -0.1) is 0 Å². The van der Waals surface area contributed by atoms with Gasteiger partial charge in [0.15, 0.2) is 0 Å². The van der Waals surface area contributed by atoms with Crippen LogP contribution in [0.2, 0.25) is 0 Å². The SMILES string of the molecule is O=C(NC1CCCCC1)C(c1ccc(Br)cc1)n1c(O)c(C(=Nc2ccccc2)c2ccccc2)c2ccccc21. The molecule has 4 aromatic carbocycles. The number of halogens is 1. The van der Waals surface area contributed by atoms with Crippen molar-refractivity contribution >= 4 is 44.1 Å². The van der Waals surface area contributed by atoms with Gasteiger partial charge in [-0.2, -0.15) is 0 Å². The van der Waals surface area contributed by atoms with Crippen LogP contribution in [0.4, 0.5) is 5.69 Å². The summed E-state index contributed by atoms with van der Waals surface area (Å²) in [5.74, 6) is -0.112. The van der Waals surface area contributed by atoms with Crippen molar-refractivity contribution in [3.63, 3.8) is 0 Å². The van der Waals surface area contributed by atoms with Crippen LogP contribution in [0.5, 0.6) is 5.88 Å². The molecule has 6 heteroatoms. The third-order valence-electron chi connectivity index (χ3n) is 7.81. The van der Waals surface area contributed by atoms with Crippen LogP contribution in [0.25, 0.3) is 10.9 Å². The summed E-state index contributed by atoms with van der Waals surface area (Å²) in [5, 5.41) is 16.3. The quantitative estimate of drug-likeness (QED) is 0.183. The van der Waals surface area contributed by atoms with Crippen molar-refractivity contribution in [1.82, 2.24) is 9.88 Å². The number of benzene rings is 4. The first-order valence-corrected chi connectivity index (χ1v) is 15.0. The topological polar surface area (TPSA) is 66.6 Å². The zero-order valence-electron chi connectivity index (χ0n) is 22.7. The average Bonchev–Trinajstić information content (AvgIpc) is 3.30. The fourth-order valence-electron chi connectivity index (χ4n) is 5.83. The molecule has 206 valence electrons. The number of carbonyl (C=O) groups excluding carboxylic acids is 1. The van der Waals surface area contributed by atoms with Gasteiger partial charge in [-0.3, -0.25) is 9.36 Å². The molecular formula is C35H32BrN3O2. The summed E-state index contributed by atoms with van der Waals surface area (Å²) >= 11 is 3.53. The first kappa shape index (κ1) is 27.0. The summed E-state index contributed by atoms with van der Waals surface area (Å²) in [6, 6.07) is 34.6. The Bertz CT molecular complexity index is 1670. The third-order valence-corrected chi connectivity index (χ3v) is 8.34. The van der Waals surface area contributed by atoms with Crippen molar-refractivity contribution in [1.29, 1.82) is 0 Å². The van der Waals surface area contributed by atoms with E-state index in [4.69, 9.17) is 4.99 Å². The van der Waals surface area contributed by atoms with E-state index in [0.29, 0.717) is 11.3 Å². The Labute approximate surface area is 248 Å². The van der Waals surface area contributed by atoms with Crippen LogP contribution in [0.1, 0.15) is 54.8 Å². The monoisotopic (exact) mass is 605 g/mol. The van der Waals surface area contributed by atoms with E-state index in [-0.39, 0.29) is 17.8 Å². The molecule has 41 heavy (non-hydrogen) atoms. The van der Waals surface area contributed by atoms with Crippen LogP contribution >= 0.6 is 15.9 Å². The summed E-state index contributed by atoms with van der Waals surface area (Å²) in [7, 11) is 0. The maximum Gasteiger partial charge on any atom is 0.248 e. The molecule has 1 aliphatic rings. The molecule has 1 fully saturated rings. The van der Waals surface area contributed by atoms with Gasteiger partial charge < -0.3 is 10.4 Å². The second-order valence-electron chi connectivity index (χ2n) is 10.5. The van der Waals surface area contributed by atoms with Crippen LogP contribution in [0.3, 0.4) is 0 Å². The molecule has 1 saturated carbocycles. The lowest BCUT2D eigenvalue weighted by Crippen LogP contribution is -2.41. The molecule has 1 amide bonds. The molecule has 5 nitrogen and oxygen atoms in total. The molecule has 5 aromatic rings. The predicted molar refractivity (Wildman–Crippen MR) is 169 cm³/mol. The van der Waals surface area contributed by atoms with Crippen LogP contribution in [-0.2, 0) is 4.79 Å². The standard InChI is InChI=1S/C35H32BrN3O2/c36-26-22-20-25(21-23-26)33(34(40)38-28-16-8-3-9-17-28)39-30-19-11-10-18-29(30)31(35(39)41)32(24-12-4-1-5-13-24)37-27-14-6-2-7-15-27/h1-2,4-7,10-15,18-23,28,33,41H,3,8-9,16-17H2,(H,38,40). The summed E-state index contributed by atoms with van der Waals surface area (Å²) in [6.45, 7) is 0. The molecule has 1 unspecified atom stereocenters. The lowest BCUT2D eigenvalue weighted by Gasteiger charge is -2.27. The maximum absolute atomic E-state index is 14.1. The number of amides is 1. The van der Waals surface area contributed by atoms with Gasteiger partial charge in [0.1, 0.15) is 6.04 Å². The zero-order chi connectivity index (χ0) is 28.2. The predicted octanol–water partition coefficient (Wildman–Crippen LogP) is 8.32. The van der Waals surface area contributed by atoms with Gasteiger partial charge in [0.2, 0.25) is 11.8 Å². The summed E-state index contributed by atoms with van der Waals surface area (Å²) < 4.78 is 2.70. The molecule has 0 aliphatic heterocycles. The Balaban J connectivity index is 1.57. The Hall–Kier alpha value is -4.16. The van der Waals surface area contributed by atoms with Crippen LogP contribution in [-0.4, -0.2) is 27.3 Å². The zero-order valence-corrected chi connectivity index (χ0v) is 24.3. The van der Waals surface area contributed by atoms with Crippen LogP contribution in [0.15, 0.2) is 119 Å². The van der Waals surface area contributed by atoms with Gasteiger partial charge >= 0.3 is 0 Å². The van der Waals surface area contributed by atoms with Crippen molar-refractivity contribution < 1.29 is 9.90 Å². The van der Waals surface area contributed by atoms with E-state index >= 15 is 0 Å². The van der Waals surface area contributed by atoms with E-state index < -0.39 is 6.04 Å². The maximum atomic E-state index is 14.1. The van der Waals surface area contributed by atoms with Gasteiger partial charge in [0, 0.05) is 21.5 Å². The minimum absolute atomic E-state index is 0.0106. The number of fused-ring (bicyclic) bond motifs is 1. The molecule has 1 aromatic heterocycles. The fourth-order valence-corrected chi connectivity index (χ4v) is 6.09. The highest BCUT2D eigenvalue weighted by molar-refractivity contribution is 9.10. The number of carbonyl (C=O) groups is 1. The Morgan fingerprint density at radius 2 is 1.46 bits per heavy atom. The van der Waals surface area contributed by atoms with Gasteiger partial charge in [-0.25, -0.2) is 4.99 Å². The van der Waals surface area contributed by atoms with Crippen molar-refractivity contribution in [2.75, 3.05) is 0 Å². The van der Waals surface area contributed by atoms with Gasteiger partial charge in [0.25, 0.3) is 0 Å². The van der Waals surface area contributed by atoms with Crippen molar-refractivity contribution in [2.45, 2.75) is 44.2 Å². The van der Waals surface area contributed by atoms with E-state index in [9.17, 15) is 9.90 Å². The first-order chi connectivity index (χ1) is 20.1. The van der Waals surface area contributed by atoms with Crippen LogP contribution < -0.4 is 5.32 Å².